The number of methoxy groups -OCH3 is 1. The molecule has 0 heterocycles. The van der Waals surface area contributed by atoms with Gasteiger partial charge in [0.25, 0.3) is 0 Å². The predicted molar refractivity (Wildman–Crippen MR) is 107 cm³/mol. The molecule has 0 radical (unpaired) electrons. The molecule has 140 valence electrons. The van der Waals surface area contributed by atoms with Gasteiger partial charge in [-0.2, -0.15) is 0 Å². The van der Waals surface area contributed by atoms with E-state index in [1.165, 1.54) is 12.8 Å². The maximum absolute atomic E-state index is 11.8. The molecule has 1 unspecified atom stereocenters. The molecule has 0 aliphatic heterocycles. The van der Waals surface area contributed by atoms with Crippen LogP contribution in [0.1, 0.15) is 56.1 Å². The van der Waals surface area contributed by atoms with E-state index in [2.05, 4.69) is 11.8 Å². The van der Waals surface area contributed by atoms with Crippen molar-refractivity contribution >= 4 is 5.78 Å². The van der Waals surface area contributed by atoms with Gasteiger partial charge < -0.3 is 9.47 Å². The Morgan fingerprint density at radius 1 is 1.11 bits per heavy atom. The van der Waals surface area contributed by atoms with Crippen LogP contribution in [0.3, 0.4) is 0 Å². The Balaban J connectivity index is 1.89. The van der Waals surface area contributed by atoms with Crippen LogP contribution in [0.25, 0.3) is 0 Å². The maximum Gasteiger partial charge on any atom is 0.161 e. The number of ketones is 1. The van der Waals surface area contributed by atoms with Gasteiger partial charge in [0.2, 0.25) is 0 Å². The molecule has 0 bridgehead atoms. The molecular weight excluding hydrogens is 336 g/mol. The average molecular weight is 362 g/mol. The van der Waals surface area contributed by atoms with Crippen LogP contribution in [0.15, 0.2) is 48.5 Å². The van der Waals surface area contributed by atoms with E-state index in [0.29, 0.717) is 6.42 Å². The summed E-state index contributed by atoms with van der Waals surface area (Å²) in [6.07, 6.45) is 5.21. The molecule has 27 heavy (non-hydrogen) atoms. The summed E-state index contributed by atoms with van der Waals surface area (Å²) in [6, 6.07) is 15.7. The van der Waals surface area contributed by atoms with Gasteiger partial charge in [-0.25, -0.2) is 0 Å². The van der Waals surface area contributed by atoms with Gasteiger partial charge in [-0.15, -0.1) is 0 Å². The van der Waals surface area contributed by atoms with Crippen LogP contribution in [-0.2, 0) is 4.79 Å². The van der Waals surface area contributed by atoms with Crippen molar-refractivity contribution in [3.05, 3.63) is 59.7 Å². The highest BCUT2D eigenvalue weighted by Crippen LogP contribution is 2.35. The molecule has 3 rings (SSSR count). The highest BCUT2D eigenvalue weighted by Gasteiger charge is 2.20. The largest absolute Gasteiger partial charge is 0.493 e. The number of ether oxygens (including phenoxy) is 2. The Bertz CT molecular complexity index is 824. The Morgan fingerprint density at radius 3 is 2.52 bits per heavy atom. The lowest BCUT2D eigenvalue weighted by molar-refractivity contribution is -0.117. The van der Waals surface area contributed by atoms with Crippen molar-refractivity contribution in [1.82, 2.24) is 0 Å². The maximum atomic E-state index is 11.8. The van der Waals surface area contributed by atoms with Crippen LogP contribution in [0.5, 0.6) is 11.5 Å². The van der Waals surface area contributed by atoms with Gasteiger partial charge in [-0.3, -0.25) is 4.79 Å². The third kappa shape index (κ3) is 5.37. The smallest absolute Gasteiger partial charge is 0.161 e. The summed E-state index contributed by atoms with van der Waals surface area (Å²) in [5.41, 5.74) is 1.93. The highest BCUT2D eigenvalue weighted by atomic mass is 16.5. The van der Waals surface area contributed by atoms with Gasteiger partial charge in [0.1, 0.15) is 5.78 Å². The minimum absolute atomic E-state index is 0.122. The fourth-order valence-electron chi connectivity index (χ4n) is 3.42. The van der Waals surface area contributed by atoms with E-state index in [1.54, 1.807) is 14.0 Å². The van der Waals surface area contributed by atoms with Crippen LogP contribution < -0.4 is 9.47 Å². The number of carbonyl (C=O) groups is 1. The Hall–Kier alpha value is -2.73. The van der Waals surface area contributed by atoms with Crippen molar-refractivity contribution in [3.63, 3.8) is 0 Å². The second-order valence-corrected chi connectivity index (χ2v) is 7.03. The molecule has 1 atom stereocenters. The summed E-state index contributed by atoms with van der Waals surface area (Å²) in [6.45, 7) is 1.61. The number of rotatable bonds is 6. The molecule has 3 heteroatoms. The van der Waals surface area contributed by atoms with Crippen molar-refractivity contribution in [2.75, 3.05) is 7.11 Å². The molecule has 0 saturated heterocycles. The Morgan fingerprint density at radius 2 is 1.85 bits per heavy atom. The first-order valence-electron chi connectivity index (χ1n) is 9.56. The third-order valence-corrected chi connectivity index (χ3v) is 4.84. The van der Waals surface area contributed by atoms with Crippen LogP contribution in [0.4, 0.5) is 0 Å². The van der Waals surface area contributed by atoms with Gasteiger partial charge in [-0.1, -0.05) is 36.1 Å². The first kappa shape index (κ1) is 19.0. The van der Waals surface area contributed by atoms with E-state index in [9.17, 15) is 4.79 Å². The number of carbonyl (C=O) groups excluding carboxylic acids is 1. The molecule has 3 nitrogen and oxygen atoms in total. The second-order valence-electron chi connectivity index (χ2n) is 7.03. The van der Waals surface area contributed by atoms with Gasteiger partial charge in [0.05, 0.1) is 19.1 Å². The molecule has 1 saturated carbocycles. The van der Waals surface area contributed by atoms with Crippen molar-refractivity contribution in [2.24, 2.45) is 0 Å². The average Bonchev–Trinajstić information content (AvgIpc) is 3.19. The standard InChI is InChI=1S/C24H26O3/c1-18(25)16-20(13-12-19-8-4-3-5-9-19)21-14-15-23(26-2)24(17-21)27-22-10-6-7-11-22/h3-5,8-9,14-15,17,20,22H,6-7,10-11,16H2,1-2H3. The summed E-state index contributed by atoms with van der Waals surface area (Å²) in [5, 5.41) is 0. The van der Waals surface area contributed by atoms with Gasteiger partial charge in [0, 0.05) is 12.0 Å². The molecule has 2 aromatic carbocycles. The number of benzene rings is 2. The number of hydrogen-bond donors (Lipinski definition) is 0. The zero-order chi connectivity index (χ0) is 19.1. The Labute approximate surface area is 161 Å². The first-order chi connectivity index (χ1) is 13.2. The summed E-state index contributed by atoms with van der Waals surface area (Å²) < 4.78 is 11.7. The zero-order valence-corrected chi connectivity index (χ0v) is 16.0. The zero-order valence-electron chi connectivity index (χ0n) is 16.0. The molecule has 0 amide bonds. The summed E-state index contributed by atoms with van der Waals surface area (Å²) in [7, 11) is 1.65. The van der Waals surface area contributed by atoms with Gasteiger partial charge >= 0.3 is 0 Å². The second kappa shape index (κ2) is 9.28. The first-order valence-corrected chi connectivity index (χ1v) is 9.56. The Kier molecular flexibility index (Phi) is 6.54. The lowest BCUT2D eigenvalue weighted by atomic mass is 9.93. The molecule has 1 fully saturated rings. The third-order valence-electron chi connectivity index (χ3n) is 4.84. The van der Waals surface area contributed by atoms with Crippen LogP contribution in [0, 0.1) is 11.8 Å². The van der Waals surface area contributed by atoms with E-state index in [1.807, 2.05) is 48.5 Å². The van der Waals surface area contributed by atoms with Gasteiger partial charge in [-0.05, 0) is 62.4 Å². The number of Topliss-reactive ketones (excluding diaryl/α,β-unsaturated/α-hetero) is 1. The highest BCUT2D eigenvalue weighted by molar-refractivity contribution is 5.77. The van der Waals surface area contributed by atoms with E-state index in [4.69, 9.17) is 9.47 Å². The van der Waals surface area contributed by atoms with Crippen molar-refractivity contribution in [1.29, 1.82) is 0 Å². The lowest BCUT2D eigenvalue weighted by Crippen LogP contribution is -2.12. The molecule has 2 aromatic rings. The summed E-state index contributed by atoms with van der Waals surface area (Å²) in [4.78, 5) is 11.8. The summed E-state index contributed by atoms with van der Waals surface area (Å²) in [5.74, 6) is 7.90. The molecule has 0 N–H and O–H groups in total. The monoisotopic (exact) mass is 362 g/mol. The van der Waals surface area contributed by atoms with Crippen molar-refractivity contribution in [2.45, 2.75) is 51.0 Å². The van der Waals surface area contributed by atoms with E-state index in [0.717, 1.165) is 35.5 Å². The van der Waals surface area contributed by atoms with Gasteiger partial charge in [0.15, 0.2) is 11.5 Å². The molecule has 1 aliphatic carbocycles. The number of hydrogen-bond acceptors (Lipinski definition) is 3. The fraction of sp³-hybridized carbons (Fsp3) is 0.375. The van der Waals surface area contributed by atoms with Crippen LogP contribution in [0.2, 0.25) is 0 Å². The normalized spacial score (nSPS) is 14.9. The van der Waals surface area contributed by atoms with Crippen molar-refractivity contribution in [3.8, 4) is 23.3 Å². The molecule has 1 aliphatic rings. The van der Waals surface area contributed by atoms with E-state index >= 15 is 0 Å². The fourth-order valence-corrected chi connectivity index (χ4v) is 3.42. The summed E-state index contributed by atoms with van der Waals surface area (Å²) >= 11 is 0. The minimum atomic E-state index is -0.167. The molecule has 0 spiro atoms. The van der Waals surface area contributed by atoms with E-state index < -0.39 is 0 Å². The molecule has 0 aromatic heterocycles. The van der Waals surface area contributed by atoms with E-state index in [-0.39, 0.29) is 17.8 Å². The topological polar surface area (TPSA) is 35.5 Å². The van der Waals surface area contributed by atoms with Crippen LogP contribution >= 0.6 is 0 Å². The molecular formula is C24H26O3. The van der Waals surface area contributed by atoms with Crippen LogP contribution in [-0.4, -0.2) is 19.0 Å². The minimum Gasteiger partial charge on any atom is -0.493 e. The predicted octanol–water partition coefficient (Wildman–Crippen LogP) is 5.13. The quantitative estimate of drug-likeness (QED) is 0.668. The SMILES string of the molecule is COc1ccc(C(C#Cc2ccccc2)CC(C)=O)cc1OC1CCCC1. The van der Waals surface area contributed by atoms with Crippen molar-refractivity contribution < 1.29 is 14.3 Å². The lowest BCUT2D eigenvalue weighted by Gasteiger charge is -2.18.